The maximum Gasteiger partial charge on any atom is 0.336 e. The minimum Gasteiger partial charge on any atom is -0.478 e. The SMILES string of the molecule is Cc1cc(C(C)CNC(C)c2cccc(C)c2C(=O)O)c2oc(-c3ccccc3)c(C)c(=O)c2c1. The summed E-state index contributed by atoms with van der Waals surface area (Å²) in [5, 5.41) is 13.8. The number of rotatable bonds is 7. The van der Waals surface area contributed by atoms with Crippen LogP contribution in [0.15, 0.2) is 69.9 Å². The van der Waals surface area contributed by atoms with Crippen molar-refractivity contribution >= 4 is 16.9 Å². The van der Waals surface area contributed by atoms with Crippen LogP contribution in [0.3, 0.4) is 0 Å². The predicted molar refractivity (Wildman–Crippen MR) is 140 cm³/mol. The van der Waals surface area contributed by atoms with E-state index in [0.717, 1.165) is 27.8 Å². The average Bonchev–Trinajstić information content (AvgIpc) is 2.84. The normalized spacial score (nSPS) is 13.1. The lowest BCUT2D eigenvalue weighted by atomic mass is 9.93. The van der Waals surface area contributed by atoms with E-state index in [4.69, 9.17) is 4.42 Å². The maximum absolute atomic E-state index is 13.3. The number of fused-ring (bicyclic) bond motifs is 1. The van der Waals surface area contributed by atoms with Crippen molar-refractivity contribution in [1.82, 2.24) is 5.32 Å². The number of aryl methyl sites for hydroxylation is 2. The van der Waals surface area contributed by atoms with Crippen LogP contribution in [0, 0.1) is 20.8 Å². The molecule has 35 heavy (non-hydrogen) atoms. The number of carboxylic acid groups (broad SMARTS) is 1. The van der Waals surface area contributed by atoms with Crippen LogP contribution in [-0.4, -0.2) is 17.6 Å². The average molecular weight is 470 g/mol. The van der Waals surface area contributed by atoms with Crippen LogP contribution in [0.5, 0.6) is 0 Å². The molecule has 180 valence electrons. The van der Waals surface area contributed by atoms with Gasteiger partial charge in [0.25, 0.3) is 0 Å². The van der Waals surface area contributed by atoms with Crippen LogP contribution in [0.4, 0.5) is 0 Å². The lowest BCUT2D eigenvalue weighted by Gasteiger charge is -2.21. The van der Waals surface area contributed by atoms with E-state index in [-0.39, 0.29) is 17.4 Å². The standard InChI is InChI=1S/C30H31NO4/c1-17-14-24(19(3)16-31-21(5)23-13-9-10-18(2)26(23)30(33)34)29-25(15-17)27(32)20(4)28(35-29)22-11-7-6-8-12-22/h6-15,19,21,31H,16H2,1-5H3,(H,33,34). The van der Waals surface area contributed by atoms with Crippen LogP contribution in [0.1, 0.15) is 64.0 Å². The highest BCUT2D eigenvalue weighted by atomic mass is 16.4. The topological polar surface area (TPSA) is 79.5 Å². The van der Waals surface area contributed by atoms with Gasteiger partial charge in [0.15, 0.2) is 5.43 Å². The Balaban J connectivity index is 1.71. The molecular weight excluding hydrogens is 438 g/mol. The number of carbonyl (C=O) groups is 1. The van der Waals surface area contributed by atoms with E-state index in [0.29, 0.717) is 34.4 Å². The molecule has 1 aromatic heterocycles. The van der Waals surface area contributed by atoms with Crippen molar-refractivity contribution in [3.63, 3.8) is 0 Å². The van der Waals surface area contributed by atoms with Gasteiger partial charge >= 0.3 is 5.97 Å². The summed E-state index contributed by atoms with van der Waals surface area (Å²) in [5.41, 5.74) is 5.85. The van der Waals surface area contributed by atoms with E-state index >= 15 is 0 Å². The first-order valence-corrected chi connectivity index (χ1v) is 11.9. The van der Waals surface area contributed by atoms with Gasteiger partial charge in [0.2, 0.25) is 0 Å². The Labute approximate surface area is 205 Å². The molecule has 0 saturated carbocycles. The highest BCUT2D eigenvalue weighted by Gasteiger charge is 2.21. The summed E-state index contributed by atoms with van der Waals surface area (Å²) >= 11 is 0. The summed E-state index contributed by atoms with van der Waals surface area (Å²) in [7, 11) is 0. The van der Waals surface area contributed by atoms with Gasteiger partial charge in [-0.05, 0) is 61.9 Å². The van der Waals surface area contributed by atoms with E-state index in [1.54, 1.807) is 0 Å². The zero-order valence-corrected chi connectivity index (χ0v) is 20.8. The molecule has 5 heteroatoms. The Morgan fingerprint density at radius 1 is 0.971 bits per heavy atom. The first-order chi connectivity index (χ1) is 16.7. The molecule has 1 heterocycles. The van der Waals surface area contributed by atoms with Crippen LogP contribution in [-0.2, 0) is 0 Å². The second-order valence-electron chi connectivity index (χ2n) is 9.36. The van der Waals surface area contributed by atoms with Crippen LogP contribution >= 0.6 is 0 Å². The molecule has 0 amide bonds. The summed E-state index contributed by atoms with van der Waals surface area (Å²) in [6, 6.07) is 19.0. The van der Waals surface area contributed by atoms with Gasteiger partial charge in [-0.1, -0.05) is 61.5 Å². The van der Waals surface area contributed by atoms with E-state index in [9.17, 15) is 14.7 Å². The van der Waals surface area contributed by atoms with Gasteiger partial charge in [0.05, 0.1) is 10.9 Å². The number of nitrogens with one attached hydrogen (secondary N) is 1. The molecule has 0 aliphatic rings. The summed E-state index contributed by atoms with van der Waals surface area (Å²) in [6.45, 7) is 10.3. The molecule has 2 N–H and O–H groups in total. The Hall–Kier alpha value is -3.70. The summed E-state index contributed by atoms with van der Waals surface area (Å²) < 4.78 is 6.42. The lowest BCUT2D eigenvalue weighted by Crippen LogP contribution is -2.25. The smallest absolute Gasteiger partial charge is 0.336 e. The minimum absolute atomic E-state index is 0.0190. The predicted octanol–water partition coefficient (Wildman–Crippen LogP) is 6.54. The number of carboxylic acids is 1. The lowest BCUT2D eigenvalue weighted by molar-refractivity contribution is 0.0694. The van der Waals surface area contributed by atoms with Crippen molar-refractivity contribution < 1.29 is 14.3 Å². The fourth-order valence-corrected chi connectivity index (χ4v) is 4.72. The van der Waals surface area contributed by atoms with Crippen molar-refractivity contribution in [1.29, 1.82) is 0 Å². The Morgan fingerprint density at radius 3 is 2.37 bits per heavy atom. The van der Waals surface area contributed by atoms with Gasteiger partial charge in [-0.15, -0.1) is 0 Å². The fraction of sp³-hybridized carbons (Fsp3) is 0.267. The van der Waals surface area contributed by atoms with Gasteiger partial charge in [-0.3, -0.25) is 4.79 Å². The van der Waals surface area contributed by atoms with Crippen molar-refractivity contribution in [2.45, 2.75) is 46.6 Å². The van der Waals surface area contributed by atoms with Gasteiger partial charge < -0.3 is 14.8 Å². The first-order valence-electron chi connectivity index (χ1n) is 11.9. The zero-order chi connectivity index (χ0) is 25.3. The molecule has 2 unspecified atom stereocenters. The molecule has 0 aliphatic heterocycles. The minimum atomic E-state index is -0.921. The van der Waals surface area contributed by atoms with E-state index in [2.05, 4.69) is 18.3 Å². The van der Waals surface area contributed by atoms with Gasteiger partial charge in [-0.2, -0.15) is 0 Å². The Kier molecular flexibility index (Phi) is 6.90. The molecule has 2 atom stereocenters. The Bertz CT molecular complexity index is 1450. The number of aromatic carboxylic acids is 1. The van der Waals surface area contributed by atoms with Crippen LogP contribution < -0.4 is 10.7 Å². The first kappa shape index (κ1) is 24.4. The second-order valence-corrected chi connectivity index (χ2v) is 9.36. The molecular formula is C30H31NO4. The monoisotopic (exact) mass is 469 g/mol. The van der Waals surface area contributed by atoms with Crippen molar-refractivity contribution in [3.8, 4) is 11.3 Å². The molecule has 0 radical (unpaired) electrons. The highest BCUT2D eigenvalue weighted by Crippen LogP contribution is 2.32. The molecule has 0 aliphatic carbocycles. The summed E-state index contributed by atoms with van der Waals surface area (Å²) in [6.07, 6.45) is 0. The third-order valence-electron chi connectivity index (χ3n) is 6.67. The second kappa shape index (κ2) is 9.88. The summed E-state index contributed by atoms with van der Waals surface area (Å²) in [5.74, 6) is -0.310. The van der Waals surface area contributed by atoms with Crippen LogP contribution in [0.25, 0.3) is 22.3 Å². The van der Waals surface area contributed by atoms with Crippen molar-refractivity contribution in [3.05, 3.63) is 104 Å². The third kappa shape index (κ3) is 4.77. The van der Waals surface area contributed by atoms with Crippen molar-refractivity contribution in [2.75, 3.05) is 6.54 Å². The number of hydrogen-bond acceptors (Lipinski definition) is 4. The number of hydrogen-bond donors (Lipinski definition) is 2. The van der Waals surface area contributed by atoms with Gasteiger partial charge in [0, 0.05) is 23.7 Å². The van der Waals surface area contributed by atoms with Gasteiger partial charge in [-0.25, -0.2) is 4.79 Å². The third-order valence-corrected chi connectivity index (χ3v) is 6.67. The summed E-state index contributed by atoms with van der Waals surface area (Å²) in [4.78, 5) is 25.1. The zero-order valence-electron chi connectivity index (χ0n) is 20.8. The largest absolute Gasteiger partial charge is 0.478 e. The van der Waals surface area contributed by atoms with Crippen LogP contribution in [0.2, 0.25) is 0 Å². The molecule has 3 aromatic carbocycles. The fourth-order valence-electron chi connectivity index (χ4n) is 4.72. The van der Waals surface area contributed by atoms with Gasteiger partial charge in [0.1, 0.15) is 11.3 Å². The molecule has 0 spiro atoms. The molecule has 0 saturated heterocycles. The van der Waals surface area contributed by atoms with E-state index < -0.39 is 5.97 Å². The van der Waals surface area contributed by atoms with E-state index in [1.165, 1.54) is 0 Å². The van der Waals surface area contributed by atoms with Crippen molar-refractivity contribution in [2.24, 2.45) is 0 Å². The number of benzene rings is 3. The maximum atomic E-state index is 13.3. The quantitative estimate of drug-likeness (QED) is 0.321. The molecule has 4 rings (SSSR count). The molecule has 0 fully saturated rings. The molecule has 4 aromatic rings. The van der Waals surface area contributed by atoms with E-state index in [1.807, 2.05) is 82.3 Å². The molecule has 5 nitrogen and oxygen atoms in total. The molecule has 0 bridgehead atoms. The Morgan fingerprint density at radius 2 is 1.69 bits per heavy atom. The highest BCUT2D eigenvalue weighted by molar-refractivity contribution is 5.91.